The van der Waals surface area contributed by atoms with E-state index in [1.165, 1.54) is 0 Å². The summed E-state index contributed by atoms with van der Waals surface area (Å²) in [7, 11) is 0. The maximum absolute atomic E-state index is 12.7. The van der Waals surface area contributed by atoms with Gasteiger partial charge in [-0.15, -0.1) is 0 Å². The Hall–Kier alpha value is -2.10. The molecule has 0 aliphatic heterocycles. The lowest BCUT2D eigenvalue weighted by atomic mass is 9.93. The number of H-pyrrole nitrogens is 1. The molecule has 1 aliphatic rings. The van der Waals surface area contributed by atoms with Crippen LogP contribution in [0, 0.1) is 18.8 Å². The molecule has 2 unspecified atom stereocenters. The number of rotatable bonds is 3. The van der Waals surface area contributed by atoms with Crippen LogP contribution in [0.3, 0.4) is 0 Å². The number of ketones is 1. The molecule has 3 rings (SSSR count). The fourth-order valence-electron chi connectivity index (χ4n) is 3.24. The summed E-state index contributed by atoms with van der Waals surface area (Å²) < 4.78 is 0. The molecule has 0 saturated heterocycles. The highest BCUT2D eigenvalue weighted by Crippen LogP contribution is 2.35. The molecule has 2 N–H and O–H groups in total. The van der Waals surface area contributed by atoms with E-state index in [0.717, 1.165) is 22.2 Å². The van der Waals surface area contributed by atoms with Crippen LogP contribution in [0.15, 0.2) is 24.3 Å². The van der Waals surface area contributed by atoms with Crippen LogP contribution in [0.5, 0.6) is 0 Å². The Bertz CT molecular complexity index is 686. The predicted molar refractivity (Wildman–Crippen MR) is 75.8 cm³/mol. The van der Waals surface area contributed by atoms with Crippen LogP contribution < -0.4 is 0 Å². The van der Waals surface area contributed by atoms with Gasteiger partial charge in [0.1, 0.15) is 0 Å². The molecule has 0 amide bonds. The Kier molecular flexibility index (Phi) is 3.08. The van der Waals surface area contributed by atoms with E-state index in [4.69, 9.17) is 5.11 Å². The van der Waals surface area contributed by atoms with Gasteiger partial charge in [-0.3, -0.25) is 9.59 Å². The fraction of sp³-hybridized carbons (Fsp3) is 0.375. The zero-order chi connectivity index (χ0) is 14.3. The van der Waals surface area contributed by atoms with Gasteiger partial charge in [0.15, 0.2) is 5.78 Å². The average molecular weight is 271 g/mol. The molecule has 0 radical (unpaired) electrons. The summed E-state index contributed by atoms with van der Waals surface area (Å²) >= 11 is 0. The van der Waals surface area contributed by atoms with Crippen molar-refractivity contribution in [3.63, 3.8) is 0 Å². The van der Waals surface area contributed by atoms with Crippen LogP contribution in [0.4, 0.5) is 0 Å². The van der Waals surface area contributed by atoms with Crippen molar-refractivity contribution in [2.45, 2.75) is 26.2 Å². The first-order chi connectivity index (χ1) is 9.58. The summed E-state index contributed by atoms with van der Waals surface area (Å²) in [6.45, 7) is 1.90. The van der Waals surface area contributed by atoms with E-state index in [1.54, 1.807) is 0 Å². The van der Waals surface area contributed by atoms with Crippen molar-refractivity contribution in [2.24, 2.45) is 11.8 Å². The Morgan fingerprint density at radius 1 is 1.20 bits per heavy atom. The standard InChI is InChI=1S/C16H17NO3/c1-9-14(12-4-2-3-5-13(12)17-9)15(18)10-6-7-11(8-10)16(19)20/h2-5,10-11,17H,6-8H2,1H3,(H,19,20). The van der Waals surface area contributed by atoms with Crippen molar-refractivity contribution in [1.29, 1.82) is 0 Å². The molecule has 2 aromatic rings. The van der Waals surface area contributed by atoms with E-state index < -0.39 is 5.97 Å². The average Bonchev–Trinajstić information content (AvgIpc) is 3.01. The molecule has 0 bridgehead atoms. The molecule has 1 aliphatic carbocycles. The summed E-state index contributed by atoms with van der Waals surface area (Å²) in [5.41, 5.74) is 2.56. The molecule has 4 nitrogen and oxygen atoms in total. The van der Waals surface area contributed by atoms with Crippen LogP contribution in [-0.2, 0) is 4.79 Å². The number of carboxylic acid groups (broad SMARTS) is 1. The molecule has 1 fully saturated rings. The number of carbonyl (C=O) groups excluding carboxylic acids is 1. The van der Waals surface area contributed by atoms with Crippen molar-refractivity contribution >= 4 is 22.7 Å². The molecule has 20 heavy (non-hydrogen) atoms. The number of aryl methyl sites for hydroxylation is 1. The smallest absolute Gasteiger partial charge is 0.306 e. The largest absolute Gasteiger partial charge is 0.481 e. The van der Waals surface area contributed by atoms with Crippen molar-refractivity contribution < 1.29 is 14.7 Å². The zero-order valence-electron chi connectivity index (χ0n) is 11.3. The first-order valence-corrected chi connectivity index (χ1v) is 6.92. The first kappa shape index (κ1) is 12.9. The first-order valence-electron chi connectivity index (χ1n) is 6.92. The summed E-state index contributed by atoms with van der Waals surface area (Å²) in [4.78, 5) is 26.9. The third-order valence-corrected chi connectivity index (χ3v) is 4.29. The van der Waals surface area contributed by atoms with Gasteiger partial charge in [-0.05, 0) is 32.3 Å². The summed E-state index contributed by atoms with van der Waals surface area (Å²) in [5, 5.41) is 9.99. The van der Waals surface area contributed by atoms with Crippen LogP contribution in [0.2, 0.25) is 0 Å². The lowest BCUT2D eigenvalue weighted by Crippen LogP contribution is -2.15. The van der Waals surface area contributed by atoms with Crippen LogP contribution >= 0.6 is 0 Å². The fourth-order valence-corrected chi connectivity index (χ4v) is 3.24. The van der Waals surface area contributed by atoms with E-state index in [0.29, 0.717) is 19.3 Å². The highest BCUT2D eigenvalue weighted by atomic mass is 16.4. The number of para-hydroxylation sites is 1. The molecule has 2 atom stereocenters. The summed E-state index contributed by atoms with van der Waals surface area (Å²) in [5.74, 6) is -1.22. The van der Waals surface area contributed by atoms with E-state index in [9.17, 15) is 9.59 Å². The maximum atomic E-state index is 12.7. The molecule has 4 heteroatoms. The monoisotopic (exact) mass is 271 g/mol. The van der Waals surface area contributed by atoms with Crippen molar-refractivity contribution in [2.75, 3.05) is 0 Å². The van der Waals surface area contributed by atoms with Gasteiger partial charge in [0.25, 0.3) is 0 Å². The van der Waals surface area contributed by atoms with Gasteiger partial charge in [-0.25, -0.2) is 0 Å². The number of fused-ring (bicyclic) bond motifs is 1. The minimum atomic E-state index is -0.782. The van der Waals surface area contributed by atoms with E-state index in [2.05, 4.69) is 4.98 Å². The van der Waals surface area contributed by atoms with Gasteiger partial charge in [-0.1, -0.05) is 18.2 Å². The lowest BCUT2D eigenvalue weighted by molar-refractivity contribution is -0.141. The van der Waals surface area contributed by atoms with Crippen molar-refractivity contribution in [1.82, 2.24) is 4.98 Å². The molecule has 1 aromatic carbocycles. The van der Waals surface area contributed by atoms with Gasteiger partial charge in [0.2, 0.25) is 0 Å². The third kappa shape index (κ3) is 2.01. The van der Waals surface area contributed by atoms with Crippen LogP contribution in [0.25, 0.3) is 10.9 Å². The van der Waals surface area contributed by atoms with Crippen molar-refractivity contribution in [3.8, 4) is 0 Å². The van der Waals surface area contributed by atoms with Gasteiger partial charge < -0.3 is 10.1 Å². The van der Waals surface area contributed by atoms with E-state index in [1.807, 2.05) is 31.2 Å². The van der Waals surface area contributed by atoms with Gasteiger partial charge in [0.05, 0.1) is 5.92 Å². The predicted octanol–water partition coefficient (Wildman–Crippen LogP) is 3.16. The molecule has 1 aromatic heterocycles. The number of carbonyl (C=O) groups is 2. The molecule has 1 heterocycles. The van der Waals surface area contributed by atoms with Gasteiger partial charge in [-0.2, -0.15) is 0 Å². The summed E-state index contributed by atoms with van der Waals surface area (Å²) in [6.07, 6.45) is 1.75. The van der Waals surface area contributed by atoms with E-state index >= 15 is 0 Å². The second-order valence-corrected chi connectivity index (χ2v) is 5.58. The van der Waals surface area contributed by atoms with Gasteiger partial charge in [0, 0.05) is 28.1 Å². The Morgan fingerprint density at radius 3 is 2.60 bits per heavy atom. The zero-order valence-corrected chi connectivity index (χ0v) is 11.3. The molecular weight excluding hydrogens is 254 g/mol. The van der Waals surface area contributed by atoms with E-state index in [-0.39, 0.29) is 17.6 Å². The number of carboxylic acids is 1. The lowest BCUT2D eigenvalue weighted by Gasteiger charge is -2.08. The molecular formula is C16H17NO3. The second kappa shape index (κ2) is 4.78. The second-order valence-electron chi connectivity index (χ2n) is 5.58. The van der Waals surface area contributed by atoms with Crippen LogP contribution in [-0.4, -0.2) is 21.8 Å². The van der Waals surface area contributed by atoms with Crippen molar-refractivity contribution in [3.05, 3.63) is 35.5 Å². The number of aromatic amines is 1. The number of benzene rings is 1. The Balaban J connectivity index is 1.94. The number of hydrogen-bond acceptors (Lipinski definition) is 2. The normalized spacial score (nSPS) is 22.2. The van der Waals surface area contributed by atoms with Gasteiger partial charge >= 0.3 is 5.97 Å². The number of nitrogens with one attached hydrogen (secondary N) is 1. The summed E-state index contributed by atoms with van der Waals surface area (Å²) in [6, 6.07) is 7.74. The Labute approximate surface area is 116 Å². The third-order valence-electron chi connectivity index (χ3n) is 4.29. The Morgan fingerprint density at radius 2 is 1.90 bits per heavy atom. The molecule has 104 valence electrons. The molecule has 1 saturated carbocycles. The molecule has 0 spiro atoms. The topological polar surface area (TPSA) is 70.2 Å². The SMILES string of the molecule is Cc1[nH]c2ccccc2c1C(=O)C1CCC(C(=O)O)C1. The number of hydrogen-bond donors (Lipinski definition) is 2. The quantitative estimate of drug-likeness (QED) is 0.842. The number of aliphatic carboxylic acids is 1. The highest BCUT2D eigenvalue weighted by molar-refractivity contribution is 6.10. The highest BCUT2D eigenvalue weighted by Gasteiger charge is 2.35. The number of aromatic nitrogens is 1. The maximum Gasteiger partial charge on any atom is 0.306 e. The minimum Gasteiger partial charge on any atom is -0.481 e. The number of Topliss-reactive ketones (excluding diaryl/α,β-unsaturated/α-hetero) is 1. The minimum absolute atomic E-state index is 0.0868. The van der Waals surface area contributed by atoms with Crippen LogP contribution in [0.1, 0.15) is 35.3 Å².